The molecule has 0 aliphatic carbocycles. The molecule has 0 bridgehead atoms. The fourth-order valence-electron chi connectivity index (χ4n) is 1.53. The van der Waals surface area contributed by atoms with E-state index < -0.39 is 0 Å². The molecule has 0 spiro atoms. The fourth-order valence-corrected chi connectivity index (χ4v) is 2.32. The molecule has 1 amide bonds. The fraction of sp³-hybridized carbons (Fsp3) is 0.533. The number of rotatable bonds is 9. The van der Waals surface area contributed by atoms with Gasteiger partial charge in [0.1, 0.15) is 0 Å². The molecule has 6 heteroatoms. The average molecular weight is 310 g/mol. The Morgan fingerprint density at radius 2 is 2.19 bits per heavy atom. The zero-order valence-electron chi connectivity index (χ0n) is 12.3. The van der Waals surface area contributed by atoms with E-state index >= 15 is 0 Å². The lowest BCUT2D eigenvalue weighted by molar-refractivity contribution is 0.0686. The van der Waals surface area contributed by atoms with Gasteiger partial charge in [0.25, 0.3) is 5.91 Å². The molecule has 0 fully saturated rings. The molecule has 1 aromatic heterocycles. The zero-order valence-corrected chi connectivity index (χ0v) is 13.1. The molecular weight excluding hydrogens is 288 g/mol. The van der Waals surface area contributed by atoms with Crippen molar-refractivity contribution in [3.63, 3.8) is 0 Å². The van der Waals surface area contributed by atoms with Crippen LogP contribution in [0.15, 0.2) is 12.1 Å². The lowest BCUT2D eigenvalue weighted by Gasteiger charge is -2.04. The van der Waals surface area contributed by atoms with Crippen LogP contribution in [-0.4, -0.2) is 45.9 Å². The van der Waals surface area contributed by atoms with E-state index in [0.717, 1.165) is 17.7 Å². The normalized spacial score (nSPS) is 10.0. The molecule has 5 nitrogen and oxygen atoms in total. The Balaban J connectivity index is 2.15. The maximum absolute atomic E-state index is 11.9. The van der Waals surface area contributed by atoms with Crippen molar-refractivity contribution in [2.45, 2.75) is 12.8 Å². The van der Waals surface area contributed by atoms with Crippen LogP contribution in [0.2, 0.25) is 0 Å². The summed E-state index contributed by atoms with van der Waals surface area (Å²) in [6.07, 6.45) is 1.81. The summed E-state index contributed by atoms with van der Waals surface area (Å²) in [6, 6.07) is 3.63. The molecule has 0 atom stereocenters. The molecule has 1 aromatic rings. The van der Waals surface area contributed by atoms with Gasteiger partial charge in [0.05, 0.1) is 29.5 Å². The SMILES string of the molecule is COCCOCCCCNC(=O)c1ccc(C#CCN)s1. The van der Waals surface area contributed by atoms with Crippen molar-refractivity contribution >= 4 is 17.2 Å². The minimum absolute atomic E-state index is 0.0545. The van der Waals surface area contributed by atoms with E-state index in [1.54, 1.807) is 13.2 Å². The first-order valence-electron chi connectivity index (χ1n) is 6.91. The monoisotopic (exact) mass is 310 g/mol. The number of unbranched alkanes of at least 4 members (excludes halogenated alkanes) is 1. The Labute approximate surface area is 129 Å². The summed E-state index contributed by atoms with van der Waals surface area (Å²) >= 11 is 1.38. The Kier molecular flexibility index (Phi) is 9.49. The van der Waals surface area contributed by atoms with Gasteiger partial charge in [0.15, 0.2) is 0 Å². The Hall–Kier alpha value is -1.39. The number of carbonyl (C=O) groups is 1. The van der Waals surface area contributed by atoms with E-state index in [1.807, 2.05) is 6.07 Å². The van der Waals surface area contributed by atoms with E-state index in [4.69, 9.17) is 15.2 Å². The number of amides is 1. The third-order valence-electron chi connectivity index (χ3n) is 2.58. The van der Waals surface area contributed by atoms with Crippen LogP contribution in [0.1, 0.15) is 27.4 Å². The molecule has 116 valence electrons. The van der Waals surface area contributed by atoms with E-state index in [-0.39, 0.29) is 5.91 Å². The van der Waals surface area contributed by atoms with Crippen LogP contribution >= 0.6 is 11.3 Å². The highest BCUT2D eigenvalue weighted by molar-refractivity contribution is 7.14. The lowest BCUT2D eigenvalue weighted by Crippen LogP contribution is -2.23. The van der Waals surface area contributed by atoms with Gasteiger partial charge in [0, 0.05) is 20.3 Å². The lowest BCUT2D eigenvalue weighted by atomic mass is 10.3. The molecule has 21 heavy (non-hydrogen) atoms. The van der Waals surface area contributed by atoms with Gasteiger partial charge in [-0.2, -0.15) is 0 Å². The number of carbonyl (C=O) groups excluding carboxylic acids is 1. The van der Waals surface area contributed by atoms with Crippen molar-refractivity contribution in [1.82, 2.24) is 5.32 Å². The third-order valence-corrected chi connectivity index (χ3v) is 3.58. The van der Waals surface area contributed by atoms with Gasteiger partial charge in [-0.05, 0) is 25.0 Å². The summed E-state index contributed by atoms with van der Waals surface area (Å²) in [5.74, 6) is 5.63. The van der Waals surface area contributed by atoms with Crippen LogP contribution in [0.5, 0.6) is 0 Å². The first-order chi connectivity index (χ1) is 10.3. The summed E-state index contributed by atoms with van der Waals surface area (Å²) in [6.45, 7) is 2.90. The molecule has 0 saturated heterocycles. The standard InChI is InChI=1S/C15H22N2O3S/c1-19-11-12-20-10-3-2-9-17-15(18)14-7-6-13(21-14)5-4-8-16/h6-7H,2-3,8-12,16H2,1H3,(H,17,18). The van der Waals surface area contributed by atoms with Crippen LogP contribution in [0, 0.1) is 11.8 Å². The molecule has 0 radical (unpaired) electrons. The Morgan fingerprint density at radius 3 is 2.95 bits per heavy atom. The van der Waals surface area contributed by atoms with Crippen LogP contribution in [0.3, 0.4) is 0 Å². The maximum Gasteiger partial charge on any atom is 0.261 e. The molecular formula is C15H22N2O3S. The molecule has 0 aliphatic rings. The second kappa shape index (κ2) is 11.3. The van der Waals surface area contributed by atoms with Gasteiger partial charge in [-0.3, -0.25) is 4.79 Å². The highest BCUT2D eigenvalue weighted by Gasteiger charge is 2.07. The van der Waals surface area contributed by atoms with E-state index in [2.05, 4.69) is 17.2 Å². The van der Waals surface area contributed by atoms with Gasteiger partial charge < -0.3 is 20.5 Å². The van der Waals surface area contributed by atoms with Crippen LogP contribution in [-0.2, 0) is 9.47 Å². The number of ether oxygens (including phenoxy) is 2. The molecule has 0 saturated carbocycles. The van der Waals surface area contributed by atoms with Gasteiger partial charge in [-0.1, -0.05) is 11.8 Å². The topological polar surface area (TPSA) is 73.6 Å². The molecule has 1 heterocycles. The highest BCUT2D eigenvalue weighted by Crippen LogP contribution is 2.15. The van der Waals surface area contributed by atoms with Gasteiger partial charge in [-0.15, -0.1) is 11.3 Å². The maximum atomic E-state index is 11.9. The predicted molar refractivity (Wildman–Crippen MR) is 84.5 cm³/mol. The van der Waals surface area contributed by atoms with Gasteiger partial charge >= 0.3 is 0 Å². The number of nitrogens with two attached hydrogens (primary N) is 1. The van der Waals surface area contributed by atoms with Gasteiger partial charge in [-0.25, -0.2) is 0 Å². The summed E-state index contributed by atoms with van der Waals surface area (Å²) in [4.78, 5) is 13.4. The molecule has 0 unspecified atom stereocenters. The second-order valence-electron chi connectivity index (χ2n) is 4.24. The summed E-state index contributed by atoms with van der Waals surface area (Å²) in [5, 5.41) is 2.89. The van der Waals surface area contributed by atoms with E-state index in [0.29, 0.717) is 37.8 Å². The Bertz CT molecular complexity index is 477. The van der Waals surface area contributed by atoms with Crippen molar-refractivity contribution < 1.29 is 14.3 Å². The van der Waals surface area contributed by atoms with Crippen LogP contribution in [0.4, 0.5) is 0 Å². The van der Waals surface area contributed by atoms with Crippen molar-refractivity contribution in [3.8, 4) is 11.8 Å². The van der Waals surface area contributed by atoms with Crippen LogP contribution < -0.4 is 11.1 Å². The zero-order chi connectivity index (χ0) is 15.3. The van der Waals surface area contributed by atoms with E-state index in [9.17, 15) is 4.79 Å². The largest absolute Gasteiger partial charge is 0.382 e. The third kappa shape index (κ3) is 7.83. The predicted octanol–water partition coefficient (Wildman–Crippen LogP) is 1.23. The minimum Gasteiger partial charge on any atom is -0.382 e. The van der Waals surface area contributed by atoms with Crippen molar-refractivity contribution in [2.24, 2.45) is 5.73 Å². The van der Waals surface area contributed by atoms with Crippen molar-refractivity contribution in [3.05, 3.63) is 21.9 Å². The minimum atomic E-state index is -0.0545. The number of thiophene rings is 1. The first kappa shape index (κ1) is 17.7. The van der Waals surface area contributed by atoms with Crippen molar-refractivity contribution in [1.29, 1.82) is 0 Å². The average Bonchev–Trinajstić information content (AvgIpc) is 2.96. The summed E-state index contributed by atoms with van der Waals surface area (Å²) in [5.41, 5.74) is 5.31. The molecule has 1 rings (SSSR count). The Morgan fingerprint density at radius 1 is 1.33 bits per heavy atom. The first-order valence-corrected chi connectivity index (χ1v) is 7.73. The molecule has 0 aliphatic heterocycles. The smallest absolute Gasteiger partial charge is 0.261 e. The number of nitrogens with one attached hydrogen (secondary N) is 1. The van der Waals surface area contributed by atoms with E-state index in [1.165, 1.54) is 11.3 Å². The number of methoxy groups -OCH3 is 1. The van der Waals surface area contributed by atoms with Gasteiger partial charge in [0.2, 0.25) is 0 Å². The second-order valence-corrected chi connectivity index (χ2v) is 5.32. The molecule has 3 N–H and O–H groups in total. The number of hydrogen-bond acceptors (Lipinski definition) is 5. The summed E-state index contributed by atoms with van der Waals surface area (Å²) < 4.78 is 10.2. The van der Waals surface area contributed by atoms with Crippen molar-refractivity contribution in [2.75, 3.05) is 40.0 Å². The van der Waals surface area contributed by atoms with Crippen LogP contribution in [0.25, 0.3) is 0 Å². The highest BCUT2D eigenvalue weighted by atomic mass is 32.1. The summed E-state index contributed by atoms with van der Waals surface area (Å²) in [7, 11) is 1.65. The molecule has 0 aromatic carbocycles. The number of hydrogen-bond donors (Lipinski definition) is 2. The quantitative estimate of drug-likeness (QED) is 0.531.